The number of anilines is 2. The molecule has 2 aromatic heterocycles. The number of carbonyl (C=O) groups is 1. The molecule has 0 aliphatic carbocycles. The largest absolute Gasteiger partial charge is 0.497 e. The zero-order chi connectivity index (χ0) is 31.1. The predicted molar refractivity (Wildman–Crippen MR) is 172 cm³/mol. The Morgan fingerprint density at radius 3 is 2.68 bits per heavy atom. The molecule has 2 N–H and O–H groups in total. The van der Waals surface area contributed by atoms with Crippen molar-refractivity contribution in [1.82, 2.24) is 19.4 Å². The minimum Gasteiger partial charge on any atom is -0.497 e. The number of ether oxygens (including phenoxy) is 3. The molecule has 1 aliphatic rings. The molecule has 11 nitrogen and oxygen atoms in total. The summed E-state index contributed by atoms with van der Waals surface area (Å²) in [7, 11) is 3.05. The number of nitrogens with zero attached hydrogens (tertiary/aromatic N) is 4. The molecule has 0 radical (unpaired) electrons. The first-order valence-corrected chi connectivity index (χ1v) is 14.7. The fourth-order valence-electron chi connectivity index (χ4n) is 5.07. The van der Waals surface area contributed by atoms with E-state index in [2.05, 4.69) is 27.1 Å². The molecule has 1 fully saturated rings. The van der Waals surface area contributed by atoms with E-state index in [9.17, 15) is 9.59 Å². The monoisotopic (exact) mass is 618 g/mol. The fraction of sp³-hybridized carbons (Fsp3) is 0.312. The van der Waals surface area contributed by atoms with Gasteiger partial charge in [0.2, 0.25) is 11.9 Å². The van der Waals surface area contributed by atoms with E-state index in [0.717, 1.165) is 38.4 Å². The molecule has 0 saturated carbocycles. The van der Waals surface area contributed by atoms with Crippen molar-refractivity contribution in [3.05, 3.63) is 82.3 Å². The summed E-state index contributed by atoms with van der Waals surface area (Å²) in [5.41, 5.74) is 2.63. The van der Waals surface area contributed by atoms with E-state index >= 15 is 0 Å². The molecular formula is C32H35ClN6O5. The van der Waals surface area contributed by atoms with Crippen molar-refractivity contribution >= 4 is 40.2 Å². The van der Waals surface area contributed by atoms with Crippen molar-refractivity contribution < 1.29 is 19.0 Å². The highest BCUT2D eigenvalue weighted by atomic mass is 35.5. The van der Waals surface area contributed by atoms with Gasteiger partial charge in [0.15, 0.2) is 0 Å². The van der Waals surface area contributed by atoms with E-state index in [1.165, 1.54) is 20.3 Å². The predicted octanol–water partition coefficient (Wildman–Crippen LogP) is 4.24. The van der Waals surface area contributed by atoms with Gasteiger partial charge in [-0.25, -0.2) is 4.98 Å². The summed E-state index contributed by atoms with van der Waals surface area (Å²) in [6.07, 6.45) is 3.42. The van der Waals surface area contributed by atoms with E-state index in [4.69, 9.17) is 30.8 Å². The number of aromatic nitrogens is 3. The average molecular weight is 619 g/mol. The molecule has 1 aliphatic heterocycles. The summed E-state index contributed by atoms with van der Waals surface area (Å²) in [5.74, 6) is 1.03. The lowest BCUT2D eigenvalue weighted by Crippen LogP contribution is -2.39. The second-order valence-corrected chi connectivity index (χ2v) is 10.6. The van der Waals surface area contributed by atoms with Gasteiger partial charge in [-0.3, -0.25) is 19.1 Å². The molecular weight excluding hydrogens is 584 g/mol. The first-order valence-electron chi connectivity index (χ1n) is 14.3. The maximum Gasteiger partial charge on any atom is 0.260 e. The van der Waals surface area contributed by atoms with E-state index in [-0.39, 0.29) is 11.5 Å². The normalized spacial score (nSPS) is 13.4. The Morgan fingerprint density at radius 2 is 1.93 bits per heavy atom. The lowest BCUT2D eigenvalue weighted by Gasteiger charge is -2.26. The number of benzene rings is 2. The average Bonchev–Trinajstić information content (AvgIpc) is 3.05. The first-order chi connectivity index (χ1) is 21.4. The van der Waals surface area contributed by atoms with Crippen LogP contribution in [0.25, 0.3) is 22.2 Å². The van der Waals surface area contributed by atoms with Crippen LogP contribution in [0, 0.1) is 0 Å². The van der Waals surface area contributed by atoms with Crippen molar-refractivity contribution in [2.45, 2.75) is 13.0 Å². The summed E-state index contributed by atoms with van der Waals surface area (Å²) >= 11 is 6.71. The molecule has 2 aromatic carbocycles. The number of rotatable bonds is 12. The third kappa shape index (κ3) is 7.19. The molecule has 44 heavy (non-hydrogen) atoms. The Balaban J connectivity index is 1.52. The summed E-state index contributed by atoms with van der Waals surface area (Å²) < 4.78 is 18.0. The minimum absolute atomic E-state index is 0.274. The molecule has 1 amide bonds. The topological polar surface area (TPSA) is 120 Å². The number of hydrogen-bond donors (Lipinski definition) is 2. The number of carbonyl (C=O) groups excluding carboxylic acids is 1. The number of pyridine rings is 1. The van der Waals surface area contributed by atoms with Crippen LogP contribution in [0.4, 0.5) is 11.6 Å². The van der Waals surface area contributed by atoms with E-state index in [1.807, 2.05) is 18.2 Å². The number of aryl methyl sites for hydroxylation is 2. The molecule has 0 atom stereocenters. The Morgan fingerprint density at radius 1 is 1.11 bits per heavy atom. The second-order valence-electron chi connectivity index (χ2n) is 10.2. The van der Waals surface area contributed by atoms with Crippen LogP contribution in [-0.4, -0.2) is 79.0 Å². The molecule has 4 aromatic rings. The zero-order valence-corrected chi connectivity index (χ0v) is 25.5. The molecule has 5 rings (SSSR count). The maximum atomic E-state index is 14.2. The molecule has 12 heteroatoms. The fourth-order valence-corrected chi connectivity index (χ4v) is 5.36. The van der Waals surface area contributed by atoms with Crippen LogP contribution in [0.15, 0.2) is 66.1 Å². The molecule has 0 unspecified atom stereocenters. The quantitative estimate of drug-likeness (QED) is 0.225. The highest BCUT2D eigenvalue weighted by Crippen LogP contribution is 2.38. The van der Waals surface area contributed by atoms with Crippen LogP contribution in [0.2, 0.25) is 5.02 Å². The summed E-state index contributed by atoms with van der Waals surface area (Å²) in [6, 6.07) is 12.6. The summed E-state index contributed by atoms with van der Waals surface area (Å²) in [5, 5.41) is 7.04. The summed E-state index contributed by atoms with van der Waals surface area (Å²) in [4.78, 5) is 37.6. The number of methoxy groups -OCH3 is 2. The van der Waals surface area contributed by atoms with Gasteiger partial charge in [0, 0.05) is 67.2 Å². The van der Waals surface area contributed by atoms with Crippen molar-refractivity contribution in [1.29, 1.82) is 0 Å². The van der Waals surface area contributed by atoms with Gasteiger partial charge in [0.05, 0.1) is 32.5 Å². The van der Waals surface area contributed by atoms with E-state index in [1.54, 1.807) is 35.0 Å². The van der Waals surface area contributed by atoms with Gasteiger partial charge in [-0.2, -0.15) is 4.98 Å². The van der Waals surface area contributed by atoms with Gasteiger partial charge >= 0.3 is 0 Å². The Hall–Kier alpha value is -4.45. The van der Waals surface area contributed by atoms with Crippen LogP contribution < -0.4 is 25.7 Å². The second kappa shape index (κ2) is 14.3. The Bertz CT molecular complexity index is 1720. The number of hydrogen-bond acceptors (Lipinski definition) is 9. The third-order valence-electron chi connectivity index (χ3n) is 7.40. The highest BCUT2D eigenvalue weighted by Gasteiger charge is 2.19. The third-order valence-corrected chi connectivity index (χ3v) is 7.79. The molecule has 3 heterocycles. The van der Waals surface area contributed by atoms with Crippen LogP contribution in [-0.2, 0) is 22.5 Å². The SMILES string of the molecule is C=CC(=O)Nc1cccc(CCn2c(=O)c(-c3cc(OC)cc(OC)c3Cl)cc3cnc(NCCN4CCOCC4)nc32)c1. The van der Waals surface area contributed by atoms with Gasteiger partial charge in [-0.15, -0.1) is 0 Å². The van der Waals surface area contributed by atoms with E-state index < -0.39 is 0 Å². The number of nitrogens with one attached hydrogen (secondary N) is 2. The van der Waals surface area contributed by atoms with Gasteiger partial charge < -0.3 is 24.8 Å². The Labute approximate surface area is 260 Å². The van der Waals surface area contributed by atoms with Crippen molar-refractivity contribution in [3.8, 4) is 22.6 Å². The Kier molecular flexibility index (Phi) is 10.1. The van der Waals surface area contributed by atoms with Crippen LogP contribution >= 0.6 is 11.6 Å². The van der Waals surface area contributed by atoms with Gasteiger partial charge in [-0.1, -0.05) is 30.3 Å². The minimum atomic E-state index is -0.298. The summed E-state index contributed by atoms with van der Waals surface area (Å²) in [6.45, 7) is 8.52. The van der Waals surface area contributed by atoms with Crippen molar-refractivity contribution in [3.63, 3.8) is 0 Å². The van der Waals surface area contributed by atoms with Crippen LogP contribution in [0.5, 0.6) is 11.5 Å². The first kappa shape index (κ1) is 31.0. The molecule has 230 valence electrons. The highest BCUT2D eigenvalue weighted by molar-refractivity contribution is 6.35. The van der Waals surface area contributed by atoms with Crippen LogP contribution in [0.1, 0.15) is 5.56 Å². The standard InChI is InChI=1S/C32H35ClN6O5/c1-4-28(40)36-23-7-5-6-21(16-23)8-10-39-30-22(20-35-32(37-30)34-9-11-38-12-14-44-15-13-38)17-26(31(39)41)25-18-24(42-2)19-27(43-3)29(25)33/h4-7,16-20H,1,8-15H2,2-3H3,(H,36,40)(H,34,35,37). The number of halogens is 1. The number of morpholine rings is 1. The maximum absolute atomic E-state index is 14.2. The number of amides is 1. The smallest absolute Gasteiger partial charge is 0.260 e. The van der Waals surface area contributed by atoms with Gasteiger partial charge in [0.1, 0.15) is 17.1 Å². The number of fused-ring (bicyclic) bond motifs is 1. The van der Waals surface area contributed by atoms with E-state index in [0.29, 0.717) is 69.8 Å². The van der Waals surface area contributed by atoms with Crippen molar-refractivity contribution in [2.24, 2.45) is 0 Å². The molecule has 1 saturated heterocycles. The molecule has 0 bridgehead atoms. The van der Waals surface area contributed by atoms with Gasteiger partial charge in [-0.05, 0) is 42.3 Å². The molecule has 0 spiro atoms. The van der Waals surface area contributed by atoms with Crippen molar-refractivity contribution in [2.75, 3.05) is 64.2 Å². The zero-order valence-electron chi connectivity index (χ0n) is 24.8. The lowest BCUT2D eigenvalue weighted by molar-refractivity contribution is -0.111. The van der Waals surface area contributed by atoms with Crippen LogP contribution in [0.3, 0.4) is 0 Å². The van der Waals surface area contributed by atoms with Gasteiger partial charge in [0.25, 0.3) is 5.56 Å². The lowest BCUT2D eigenvalue weighted by atomic mass is 10.0.